The third-order valence-electron chi connectivity index (χ3n) is 2.40. The summed E-state index contributed by atoms with van der Waals surface area (Å²) in [7, 11) is 0. The molecule has 0 amide bonds. The fraction of sp³-hybridized carbons (Fsp3) is 0.333. The van der Waals surface area contributed by atoms with Gasteiger partial charge in [-0.2, -0.15) is 0 Å². The van der Waals surface area contributed by atoms with E-state index in [1.54, 1.807) is 0 Å². The van der Waals surface area contributed by atoms with Gasteiger partial charge in [0, 0.05) is 12.5 Å². The maximum Gasteiger partial charge on any atom is 0.313 e. The maximum atomic E-state index is 13.6. The number of hydrogen-bond acceptors (Lipinski definition) is 6. The average Bonchev–Trinajstić information content (AvgIpc) is 2.33. The third-order valence-corrected chi connectivity index (χ3v) is 2.40. The summed E-state index contributed by atoms with van der Waals surface area (Å²) in [6.45, 7) is 0.883. The lowest BCUT2D eigenvalue weighted by atomic mass is 10.1. The molecule has 0 spiro atoms. The van der Waals surface area contributed by atoms with Crippen molar-refractivity contribution in [2.24, 2.45) is 0 Å². The monoisotopic (exact) mass is 285 g/mol. The predicted molar refractivity (Wildman–Crippen MR) is 64.7 cm³/mol. The minimum atomic E-state index is -1.12. The van der Waals surface area contributed by atoms with Crippen molar-refractivity contribution in [3.8, 4) is 5.75 Å². The Morgan fingerprint density at radius 3 is 2.65 bits per heavy atom. The van der Waals surface area contributed by atoms with Gasteiger partial charge in [-0.25, -0.2) is 4.39 Å². The molecule has 0 unspecified atom stereocenters. The summed E-state index contributed by atoms with van der Waals surface area (Å²) in [5.41, 5.74) is -0.867. The van der Waals surface area contributed by atoms with Gasteiger partial charge in [0.1, 0.15) is 12.2 Å². The molecule has 1 N–H and O–H groups in total. The first kappa shape index (κ1) is 15.5. The number of ether oxygens (including phenoxy) is 1. The molecule has 0 saturated heterocycles. The molecule has 0 aliphatic rings. The number of rotatable bonds is 6. The lowest BCUT2D eigenvalue weighted by Crippen LogP contribution is -2.12. The van der Waals surface area contributed by atoms with Crippen LogP contribution in [0.15, 0.2) is 12.1 Å². The SMILES string of the molecule is CC(=O)CC(=O)OCCc1c([N+](=O)[O-])ccc(O)c1F. The number of halogens is 1. The van der Waals surface area contributed by atoms with Crippen molar-refractivity contribution < 1.29 is 28.7 Å². The Balaban J connectivity index is 2.77. The Bertz CT molecular complexity index is 557. The molecule has 1 aromatic rings. The number of hydrogen-bond donors (Lipinski definition) is 1. The quantitative estimate of drug-likeness (QED) is 0.367. The van der Waals surface area contributed by atoms with Crippen LogP contribution in [0.4, 0.5) is 10.1 Å². The molecule has 0 saturated carbocycles. The Hall–Kier alpha value is -2.51. The van der Waals surface area contributed by atoms with Gasteiger partial charge in [-0.3, -0.25) is 19.7 Å². The molecule has 8 heteroatoms. The van der Waals surface area contributed by atoms with Gasteiger partial charge in [0.15, 0.2) is 11.6 Å². The van der Waals surface area contributed by atoms with Crippen LogP contribution in [0.1, 0.15) is 18.9 Å². The number of Topliss-reactive ketones (excluding diaryl/α,β-unsaturated/α-hetero) is 1. The van der Waals surface area contributed by atoms with E-state index in [-0.39, 0.29) is 24.4 Å². The number of nitro groups is 1. The number of phenolic OH excluding ortho intramolecular Hbond substituents is 1. The minimum Gasteiger partial charge on any atom is -0.505 e. The summed E-state index contributed by atoms with van der Waals surface area (Å²) in [5.74, 6) is -3.02. The number of ketones is 1. The van der Waals surface area contributed by atoms with Crippen LogP contribution in [0.3, 0.4) is 0 Å². The summed E-state index contributed by atoms with van der Waals surface area (Å²) in [5, 5.41) is 19.9. The molecule has 20 heavy (non-hydrogen) atoms. The zero-order valence-corrected chi connectivity index (χ0v) is 10.6. The highest BCUT2D eigenvalue weighted by Crippen LogP contribution is 2.28. The van der Waals surface area contributed by atoms with Gasteiger partial charge in [-0.15, -0.1) is 0 Å². The molecule has 1 rings (SSSR count). The Kier molecular flexibility index (Phi) is 5.13. The van der Waals surface area contributed by atoms with Gasteiger partial charge in [0.2, 0.25) is 0 Å². The first-order valence-corrected chi connectivity index (χ1v) is 5.62. The van der Waals surface area contributed by atoms with E-state index in [4.69, 9.17) is 0 Å². The van der Waals surface area contributed by atoms with Crippen molar-refractivity contribution in [1.29, 1.82) is 0 Å². The van der Waals surface area contributed by atoms with Crippen molar-refractivity contribution in [3.63, 3.8) is 0 Å². The van der Waals surface area contributed by atoms with Crippen LogP contribution < -0.4 is 0 Å². The molecular weight excluding hydrogens is 273 g/mol. The standard InChI is InChI=1S/C12H12FNO6/c1-7(15)6-11(17)20-5-4-8-9(14(18)19)2-3-10(16)12(8)13/h2-3,16H,4-6H2,1H3. The van der Waals surface area contributed by atoms with E-state index < -0.39 is 34.6 Å². The lowest BCUT2D eigenvalue weighted by Gasteiger charge is -2.07. The van der Waals surface area contributed by atoms with Gasteiger partial charge in [0.05, 0.1) is 17.1 Å². The second kappa shape index (κ2) is 6.60. The molecule has 0 bridgehead atoms. The van der Waals surface area contributed by atoms with Crippen LogP contribution in [0.2, 0.25) is 0 Å². The number of nitrogens with zero attached hydrogens (tertiary/aromatic N) is 1. The molecule has 0 aliphatic carbocycles. The van der Waals surface area contributed by atoms with E-state index in [1.807, 2.05) is 0 Å². The smallest absolute Gasteiger partial charge is 0.313 e. The summed E-state index contributed by atoms with van der Waals surface area (Å²) < 4.78 is 18.3. The Morgan fingerprint density at radius 1 is 1.45 bits per heavy atom. The molecule has 0 aromatic heterocycles. The number of carbonyl (C=O) groups is 2. The summed E-state index contributed by atoms with van der Waals surface area (Å²) >= 11 is 0. The van der Waals surface area contributed by atoms with Crippen LogP contribution in [0, 0.1) is 15.9 Å². The van der Waals surface area contributed by atoms with Gasteiger partial charge < -0.3 is 9.84 Å². The second-order valence-corrected chi connectivity index (χ2v) is 4.00. The minimum absolute atomic E-state index is 0.278. The normalized spacial score (nSPS) is 10.1. The van der Waals surface area contributed by atoms with Crippen molar-refractivity contribution in [2.75, 3.05) is 6.61 Å². The van der Waals surface area contributed by atoms with E-state index in [9.17, 15) is 29.2 Å². The molecule has 1 aromatic carbocycles. The largest absolute Gasteiger partial charge is 0.505 e. The Morgan fingerprint density at radius 2 is 2.10 bits per heavy atom. The third kappa shape index (κ3) is 4.01. The summed E-state index contributed by atoms with van der Waals surface area (Å²) in [4.78, 5) is 31.7. The molecular formula is C12H12FNO6. The topological polar surface area (TPSA) is 107 Å². The highest BCUT2D eigenvalue weighted by atomic mass is 19.1. The fourth-order valence-electron chi connectivity index (χ4n) is 1.53. The van der Waals surface area contributed by atoms with Gasteiger partial charge >= 0.3 is 5.97 Å². The molecule has 0 atom stereocenters. The highest BCUT2D eigenvalue weighted by molar-refractivity contribution is 5.94. The molecule has 0 fully saturated rings. The van der Waals surface area contributed by atoms with E-state index in [1.165, 1.54) is 6.92 Å². The summed E-state index contributed by atoms with van der Waals surface area (Å²) in [6.07, 6.45) is -0.690. The average molecular weight is 285 g/mol. The molecule has 108 valence electrons. The number of aromatic hydroxyl groups is 1. The predicted octanol–water partition coefficient (Wildman–Crippen LogP) is 1.50. The molecule has 0 heterocycles. The van der Waals surface area contributed by atoms with Crippen LogP contribution >= 0.6 is 0 Å². The van der Waals surface area contributed by atoms with Crippen molar-refractivity contribution >= 4 is 17.4 Å². The Labute approximate surface area is 113 Å². The first-order valence-electron chi connectivity index (χ1n) is 5.62. The van der Waals surface area contributed by atoms with Crippen LogP contribution in [0.5, 0.6) is 5.75 Å². The zero-order valence-electron chi connectivity index (χ0n) is 10.6. The zero-order chi connectivity index (χ0) is 15.3. The number of carbonyl (C=O) groups excluding carboxylic acids is 2. The number of phenols is 1. The van der Waals surface area contributed by atoms with Gasteiger partial charge in [-0.05, 0) is 13.0 Å². The second-order valence-electron chi connectivity index (χ2n) is 4.00. The van der Waals surface area contributed by atoms with E-state index in [0.717, 1.165) is 12.1 Å². The first-order chi connectivity index (χ1) is 9.32. The molecule has 0 radical (unpaired) electrons. The number of nitro benzene ring substituents is 1. The van der Waals surface area contributed by atoms with Gasteiger partial charge in [0.25, 0.3) is 5.69 Å². The van der Waals surface area contributed by atoms with Crippen LogP contribution in [-0.2, 0) is 20.7 Å². The maximum absolute atomic E-state index is 13.6. The number of esters is 1. The van der Waals surface area contributed by atoms with E-state index >= 15 is 0 Å². The van der Waals surface area contributed by atoms with Crippen molar-refractivity contribution in [3.05, 3.63) is 33.6 Å². The fourth-order valence-corrected chi connectivity index (χ4v) is 1.53. The van der Waals surface area contributed by atoms with E-state index in [2.05, 4.69) is 4.74 Å². The van der Waals surface area contributed by atoms with Crippen molar-refractivity contribution in [1.82, 2.24) is 0 Å². The number of benzene rings is 1. The molecule has 0 aliphatic heterocycles. The van der Waals surface area contributed by atoms with Crippen LogP contribution in [0.25, 0.3) is 0 Å². The summed E-state index contributed by atoms with van der Waals surface area (Å²) in [6, 6.07) is 1.84. The van der Waals surface area contributed by atoms with Gasteiger partial charge in [-0.1, -0.05) is 0 Å². The van der Waals surface area contributed by atoms with E-state index in [0.29, 0.717) is 0 Å². The van der Waals surface area contributed by atoms with Crippen LogP contribution in [-0.4, -0.2) is 28.4 Å². The lowest BCUT2D eigenvalue weighted by molar-refractivity contribution is -0.385. The highest BCUT2D eigenvalue weighted by Gasteiger charge is 2.21. The molecule has 7 nitrogen and oxygen atoms in total. The van der Waals surface area contributed by atoms with Crippen molar-refractivity contribution in [2.45, 2.75) is 19.8 Å².